The van der Waals surface area contributed by atoms with Crippen LogP contribution in [-0.2, 0) is 11.3 Å². The molecule has 0 aliphatic rings. The van der Waals surface area contributed by atoms with Crippen LogP contribution < -0.4 is 0 Å². The third-order valence-corrected chi connectivity index (χ3v) is 3.89. The van der Waals surface area contributed by atoms with Crippen LogP contribution in [0.4, 0.5) is 0 Å². The van der Waals surface area contributed by atoms with Gasteiger partial charge in [0.25, 0.3) is 5.89 Å². The molecule has 0 aliphatic carbocycles. The number of hydrogen-bond acceptors (Lipinski definition) is 8. The summed E-state index contributed by atoms with van der Waals surface area (Å²) in [6.45, 7) is -0.0796. The van der Waals surface area contributed by atoms with Crippen LogP contribution in [0.25, 0.3) is 21.9 Å². The number of ether oxygens (including phenoxy) is 1. The van der Waals surface area contributed by atoms with Crippen molar-refractivity contribution < 1.29 is 18.5 Å². The zero-order valence-corrected chi connectivity index (χ0v) is 12.4. The maximum absolute atomic E-state index is 12.1. The Morgan fingerprint density at radius 3 is 3.13 bits per heavy atom. The van der Waals surface area contributed by atoms with Gasteiger partial charge in [-0.3, -0.25) is 0 Å². The van der Waals surface area contributed by atoms with Crippen molar-refractivity contribution in [3.63, 3.8) is 0 Å². The summed E-state index contributed by atoms with van der Waals surface area (Å²) >= 11 is 1.47. The Morgan fingerprint density at radius 1 is 1.30 bits per heavy atom. The monoisotopic (exact) mass is 327 g/mol. The van der Waals surface area contributed by atoms with Crippen molar-refractivity contribution in [1.82, 2.24) is 15.1 Å². The van der Waals surface area contributed by atoms with Crippen LogP contribution in [0, 0.1) is 0 Å². The highest BCUT2D eigenvalue weighted by Gasteiger charge is 2.14. The molecule has 23 heavy (non-hydrogen) atoms. The third-order valence-electron chi connectivity index (χ3n) is 3.10. The van der Waals surface area contributed by atoms with E-state index < -0.39 is 5.97 Å². The predicted octanol–water partition coefficient (Wildman–Crippen LogP) is 3.30. The molecule has 0 radical (unpaired) electrons. The zero-order chi connectivity index (χ0) is 15.6. The average molecular weight is 327 g/mol. The Kier molecular flexibility index (Phi) is 3.35. The molecule has 8 heteroatoms. The minimum atomic E-state index is -0.454. The number of esters is 1. The summed E-state index contributed by atoms with van der Waals surface area (Å²) in [6.07, 6.45) is 1.51. The van der Waals surface area contributed by atoms with Crippen molar-refractivity contribution in [2.45, 2.75) is 6.61 Å². The lowest BCUT2D eigenvalue weighted by Gasteiger charge is -2.01. The molecule has 7 nitrogen and oxygen atoms in total. The number of rotatable bonds is 4. The van der Waals surface area contributed by atoms with Crippen LogP contribution in [0.5, 0.6) is 0 Å². The molecule has 0 amide bonds. The van der Waals surface area contributed by atoms with E-state index in [0.717, 1.165) is 10.2 Å². The maximum atomic E-state index is 12.1. The number of fused-ring (bicyclic) bond motifs is 1. The van der Waals surface area contributed by atoms with Crippen molar-refractivity contribution in [3.8, 4) is 11.7 Å². The highest BCUT2D eigenvalue weighted by atomic mass is 32.1. The van der Waals surface area contributed by atoms with E-state index in [1.165, 1.54) is 17.6 Å². The van der Waals surface area contributed by atoms with Gasteiger partial charge in [0.1, 0.15) is 0 Å². The number of hydrogen-bond donors (Lipinski definition) is 0. The van der Waals surface area contributed by atoms with Crippen molar-refractivity contribution >= 4 is 27.5 Å². The van der Waals surface area contributed by atoms with Gasteiger partial charge in [0.2, 0.25) is 5.82 Å². The minimum Gasteiger partial charge on any atom is -0.459 e. The van der Waals surface area contributed by atoms with E-state index in [1.54, 1.807) is 35.8 Å². The minimum absolute atomic E-state index is 0.0796. The molecule has 0 saturated heterocycles. The summed E-state index contributed by atoms with van der Waals surface area (Å²) in [6, 6.07) is 8.63. The van der Waals surface area contributed by atoms with Gasteiger partial charge in [-0.05, 0) is 30.3 Å². The van der Waals surface area contributed by atoms with Gasteiger partial charge in [0.15, 0.2) is 12.4 Å². The molecule has 0 N–H and O–H groups in total. The molecular formula is C15H9N3O4S. The summed E-state index contributed by atoms with van der Waals surface area (Å²) < 4.78 is 16.3. The standard InChI is InChI=1S/C15H9N3O4S/c19-15(9-3-4-10-12(6-9)23-8-16-10)21-7-13-17-14(22-18-13)11-2-1-5-20-11/h1-6,8H,7H2. The number of benzene rings is 1. The summed E-state index contributed by atoms with van der Waals surface area (Å²) in [7, 11) is 0. The molecule has 4 rings (SSSR count). The molecule has 114 valence electrons. The number of nitrogens with zero attached hydrogens (tertiary/aromatic N) is 3. The van der Waals surface area contributed by atoms with Crippen molar-refractivity contribution in [3.05, 3.63) is 53.5 Å². The molecule has 0 saturated carbocycles. The third kappa shape index (κ3) is 2.71. The maximum Gasteiger partial charge on any atom is 0.338 e. The number of carbonyl (C=O) groups excluding carboxylic acids is 1. The van der Waals surface area contributed by atoms with Gasteiger partial charge < -0.3 is 13.7 Å². The molecule has 1 aromatic carbocycles. The normalized spacial score (nSPS) is 11.0. The van der Waals surface area contributed by atoms with Crippen LogP contribution in [0.3, 0.4) is 0 Å². The van der Waals surface area contributed by atoms with E-state index in [0.29, 0.717) is 11.3 Å². The van der Waals surface area contributed by atoms with E-state index in [-0.39, 0.29) is 18.3 Å². The Bertz CT molecular complexity index is 958. The topological polar surface area (TPSA) is 91.2 Å². The van der Waals surface area contributed by atoms with Crippen molar-refractivity contribution in [2.24, 2.45) is 0 Å². The lowest BCUT2D eigenvalue weighted by molar-refractivity contribution is 0.0460. The lowest BCUT2D eigenvalue weighted by atomic mass is 10.2. The first-order valence-corrected chi connectivity index (χ1v) is 7.54. The molecule has 0 bridgehead atoms. The lowest BCUT2D eigenvalue weighted by Crippen LogP contribution is -2.05. The molecule has 4 aromatic rings. The number of thiazole rings is 1. The van der Waals surface area contributed by atoms with Gasteiger partial charge in [0, 0.05) is 0 Å². The fourth-order valence-electron chi connectivity index (χ4n) is 2.01. The van der Waals surface area contributed by atoms with Gasteiger partial charge in [-0.25, -0.2) is 9.78 Å². The summed E-state index contributed by atoms with van der Waals surface area (Å²) in [5.74, 6) is 0.520. The second-order valence-electron chi connectivity index (χ2n) is 4.60. The van der Waals surface area contributed by atoms with Gasteiger partial charge in [-0.15, -0.1) is 11.3 Å². The fourth-order valence-corrected chi connectivity index (χ4v) is 2.72. The molecule has 0 spiro atoms. The van der Waals surface area contributed by atoms with E-state index >= 15 is 0 Å². The molecule has 0 aliphatic heterocycles. The number of carbonyl (C=O) groups is 1. The Hall–Kier alpha value is -3.00. The van der Waals surface area contributed by atoms with Crippen LogP contribution in [-0.4, -0.2) is 21.1 Å². The van der Waals surface area contributed by atoms with Crippen LogP contribution in [0.2, 0.25) is 0 Å². The average Bonchev–Trinajstić information content (AvgIpc) is 3.32. The number of aromatic nitrogens is 3. The molecule has 0 fully saturated rings. The van der Waals surface area contributed by atoms with Crippen LogP contribution in [0.15, 0.2) is 51.0 Å². The molecule has 0 atom stereocenters. The second kappa shape index (κ2) is 5.65. The Labute approximate surface area is 133 Å². The summed E-state index contributed by atoms with van der Waals surface area (Å²) in [4.78, 5) is 20.3. The van der Waals surface area contributed by atoms with Crippen LogP contribution >= 0.6 is 11.3 Å². The van der Waals surface area contributed by atoms with Crippen molar-refractivity contribution in [2.75, 3.05) is 0 Å². The molecular weight excluding hydrogens is 318 g/mol. The summed E-state index contributed by atoms with van der Waals surface area (Å²) in [5.41, 5.74) is 3.04. The number of furan rings is 1. The van der Waals surface area contributed by atoms with Gasteiger partial charge >= 0.3 is 5.97 Å². The summed E-state index contributed by atoms with van der Waals surface area (Å²) in [5, 5.41) is 3.75. The van der Waals surface area contributed by atoms with Gasteiger partial charge in [-0.1, -0.05) is 5.16 Å². The van der Waals surface area contributed by atoms with E-state index in [1.807, 2.05) is 0 Å². The van der Waals surface area contributed by atoms with E-state index in [2.05, 4.69) is 15.1 Å². The zero-order valence-electron chi connectivity index (χ0n) is 11.6. The molecule has 3 aromatic heterocycles. The van der Waals surface area contributed by atoms with E-state index in [4.69, 9.17) is 13.7 Å². The van der Waals surface area contributed by atoms with Gasteiger partial charge in [-0.2, -0.15) is 4.98 Å². The van der Waals surface area contributed by atoms with E-state index in [9.17, 15) is 4.79 Å². The second-order valence-corrected chi connectivity index (χ2v) is 5.49. The fraction of sp³-hybridized carbons (Fsp3) is 0.0667. The first kappa shape index (κ1) is 13.6. The van der Waals surface area contributed by atoms with Crippen LogP contribution in [0.1, 0.15) is 16.2 Å². The first-order chi connectivity index (χ1) is 11.3. The first-order valence-electron chi connectivity index (χ1n) is 6.66. The highest BCUT2D eigenvalue weighted by molar-refractivity contribution is 7.16. The Morgan fingerprint density at radius 2 is 2.26 bits per heavy atom. The highest BCUT2D eigenvalue weighted by Crippen LogP contribution is 2.20. The SMILES string of the molecule is O=C(OCc1noc(-c2ccco2)n1)c1ccc2ncsc2c1. The molecule has 0 unspecified atom stereocenters. The Balaban J connectivity index is 1.45. The smallest absolute Gasteiger partial charge is 0.338 e. The van der Waals surface area contributed by atoms with Gasteiger partial charge in [0.05, 0.1) is 27.6 Å². The van der Waals surface area contributed by atoms with Crippen molar-refractivity contribution in [1.29, 1.82) is 0 Å². The predicted molar refractivity (Wildman–Crippen MR) is 80.7 cm³/mol. The molecule has 3 heterocycles. The largest absolute Gasteiger partial charge is 0.459 e. The quantitative estimate of drug-likeness (QED) is 0.531.